The highest BCUT2D eigenvalue weighted by atomic mass is 31.2. The molecule has 0 saturated heterocycles. The maximum atomic E-state index is 15.1. The van der Waals surface area contributed by atoms with Crippen LogP contribution in [0.3, 0.4) is 0 Å². The van der Waals surface area contributed by atoms with E-state index in [4.69, 9.17) is 24.6 Å². The zero-order valence-electron chi connectivity index (χ0n) is 33.7. The molecule has 0 N–H and O–H groups in total. The molecule has 0 aliphatic heterocycles. The number of ether oxygens (including phenoxy) is 1. The summed E-state index contributed by atoms with van der Waals surface area (Å²) in [6.07, 6.45) is 3.48. The fourth-order valence-electron chi connectivity index (χ4n) is 7.85. The molecule has 1 saturated carbocycles. The molecule has 2 aromatic carbocycles. The first-order valence-electron chi connectivity index (χ1n) is 20.2. The molecule has 1 fully saturated rings. The Bertz CT molecular complexity index is 1320. The molecule has 1 aliphatic rings. The van der Waals surface area contributed by atoms with Crippen LogP contribution in [0.5, 0.6) is 0 Å². The molecule has 3 atom stereocenters. The van der Waals surface area contributed by atoms with Crippen molar-refractivity contribution >= 4 is 42.7 Å². The summed E-state index contributed by atoms with van der Waals surface area (Å²) in [4.78, 5) is 0. The van der Waals surface area contributed by atoms with Gasteiger partial charge in [0.1, 0.15) is 13.2 Å². The molecular weight excluding hydrogens is 700 g/mol. The molecule has 0 unspecified atom stereocenters. The van der Waals surface area contributed by atoms with Crippen LogP contribution in [0, 0.1) is 0 Å². The van der Waals surface area contributed by atoms with Crippen LogP contribution in [0.15, 0.2) is 84.5 Å². The smallest absolute Gasteiger partial charge is 0.193 e. The van der Waals surface area contributed by atoms with Crippen LogP contribution >= 0.6 is 7.14 Å². The van der Waals surface area contributed by atoms with Crippen LogP contribution in [-0.2, 0) is 22.6 Å². The van der Waals surface area contributed by atoms with E-state index in [9.17, 15) is 0 Å². The highest BCUT2D eigenvalue weighted by molar-refractivity contribution is 7.78. The van der Waals surface area contributed by atoms with Gasteiger partial charge < -0.3 is 22.6 Å². The molecule has 5 nitrogen and oxygen atoms in total. The monoisotopic (exact) mass is 770 g/mol. The van der Waals surface area contributed by atoms with Crippen LogP contribution < -0.4 is 10.6 Å². The van der Waals surface area contributed by atoms with Crippen molar-refractivity contribution in [1.29, 1.82) is 0 Å². The second-order valence-electron chi connectivity index (χ2n) is 14.5. The molecule has 286 valence electrons. The highest BCUT2D eigenvalue weighted by Gasteiger charge is 2.47. The molecule has 51 heavy (non-hydrogen) atoms. The third kappa shape index (κ3) is 10.9. The van der Waals surface area contributed by atoms with Crippen LogP contribution in [0.4, 0.5) is 0 Å². The van der Waals surface area contributed by atoms with E-state index in [0.717, 1.165) is 89.2 Å². The van der Waals surface area contributed by atoms with E-state index in [1.165, 1.54) is 0 Å². The predicted molar refractivity (Wildman–Crippen MR) is 228 cm³/mol. The van der Waals surface area contributed by atoms with Crippen molar-refractivity contribution in [3.8, 4) is 0 Å². The van der Waals surface area contributed by atoms with Gasteiger partial charge in [-0.2, -0.15) is 0 Å². The number of hydrogen-bond donors (Lipinski definition) is 0. The fraction of sp³-hybridized carbons (Fsp3) is 0.619. The molecule has 1 aliphatic carbocycles. The van der Waals surface area contributed by atoms with E-state index in [0.29, 0.717) is 19.2 Å². The first-order chi connectivity index (χ1) is 24.5. The Morgan fingerprint density at radius 2 is 1.12 bits per heavy atom. The highest BCUT2D eigenvalue weighted by Crippen LogP contribution is 2.46. The second-order valence-corrected chi connectivity index (χ2v) is 31.6. The third-order valence-electron chi connectivity index (χ3n) is 12.4. The average Bonchev–Trinajstić information content (AvgIpc) is 3.19. The van der Waals surface area contributed by atoms with Crippen molar-refractivity contribution < 1.29 is 22.6 Å². The summed E-state index contributed by atoms with van der Waals surface area (Å²) < 4.78 is 43.5. The van der Waals surface area contributed by atoms with Gasteiger partial charge in [-0.05, 0) is 72.0 Å². The summed E-state index contributed by atoms with van der Waals surface area (Å²) in [6, 6.07) is 29.8. The summed E-state index contributed by atoms with van der Waals surface area (Å²) in [5.74, 6) is 0. The summed E-state index contributed by atoms with van der Waals surface area (Å²) in [6.45, 7) is 26.7. The first-order valence-corrected chi connectivity index (χ1v) is 29.7. The molecule has 9 heteroatoms. The minimum atomic E-state index is -2.96. The van der Waals surface area contributed by atoms with Gasteiger partial charge >= 0.3 is 0 Å². The lowest BCUT2D eigenvalue weighted by atomic mass is 9.84. The molecule has 0 heterocycles. The summed E-state index contributed by atoms with van der Waals surface area (Å²) >= 11 is 0. The fourth-order valence-corrected chi connectivity index (χ4v) is 18.7. The van der Waals surface area contributed by atoms with Crippen LogP contribution in [0.25, 0.3) is 0 Å². The largest absolute Gasteiger partial charge is 0.417 e. The Kier molecular flexibility index (Phi) is 18.1. The van der Waals surface area contributed by atoms with Gasteiger partial charge in [0.25, 0.3) is 0 Å². The topological polar surface area (TPSA) is 54.0 Å². The summed E-state index contributed by atoms with van der Waals surface area (Å²) in [5, 5.41) is 1.76. The first kappa shape index (κ1) is 44.0. The lowest BCUT2D eigenvalue weighted by Crippen LogP contribution is -2.56. The van der Waals surface area contributed by atoms with Gasteiger partial charge in [-0.25, -0.2) is 0 Å². The van der Waals surface area contributed by atoms with Gasteiger partial charge in [0, 0.05) is 36.4 Å². The Balaban J connectivity index is 2.07. The second kappa shape index (κ2) is 20.9. The van der Waals surface area contributed by atoms with Crippen LogP contribution in [0.2, 0.25) is 54.4 Å². The maximum absolute atomic E-state index is 15.1. The normalized spacial score (nSPS) is 19.9. The Morgan fingerprint density at radius 3 is 1.57 bits per heavy atom. The third-order valence-corrected chi connectivity index (χ3v) is 29.3. The Morgan fingerprint density at radius 1 is 0.667 bits per heavy atom. The van der Waals surface area contributed by atoms with Crippen molar-refractivity contribution in [2.45, 2.75) is 148 Å². The standard InChI is InChI=1S/C42H71O5PSi3/c1-11-49(12-2,13-3)45-33-26-32-44-42-40(46-50(14-4,15-5)16-6)35-37(36(10)41(42)47-51(17-7,18-8)19-9)31-34-48(43,38-27-22-20-23-28-38)39-29-24-21-25-30-39/h20-25,27-31,40-42H,10-19,26,32-35H2,1-9H3/b37-31-/t40-,41+,42-/m0/s1. The lowest BCUT2D eigenvalue weighted by molar-refractivity contribution is -0.0871. The minimum Gasteiger partial charge on any atom is -0.417 e. The lowest BCUT2D eigenvalue weighted by Gasteiger charge is -2.47. The van der Waals surface area contributed by atoms with Crippen molar-refractivity contribution in [3.05, 3.63) is 84.5 Å². The van der Waals surface area contributed by atoms with Crippen LogP contribution in [0.1, 0.15) is 75.2 Å². The number of benzene rings is 2. The van der Waals surface area contributed by atoms with Gasteiger partial charge in [0.2, 0.25) is 0 Å². The van der Waals surface area contributed by atoms with Gasteiger partial charge in [-0.3, -0.25) is 0 Å². The van der Waals surface area contributed by atoms with E-state index < -0.39 is 32.1 Å². The number of rotatable bonds is 23. The molecule has 0 amide bonds. The van der Waals surface area contributed by atoms with Gasteiger partial charge in [0.05, 0.1) is 12.2 Å². The maximum Gasteiger partial charge on any atom is 0.193 e. The van der Waals surface area contributed by atoms with E-state index in [1.54, 1.807) is 0 Å². The van der Waals surface area contributed by atoms with Crippen molar-refractivity contribution in [2.24, 2.45) is 0 Å². The molecule has 3 rings (SSSR count). The van der Waals surface area contributed by atoms with Crippen molar-refractivity contribution in [2.75, 3.05) is 19.4 Å². The number of hydrogen-bond acceptors (Lipinski definition) is 5. The Labute approximate surface area is 315 Å². The molecule has 0 spiro atoms. The van der Waals surface area contributed by atoms with E-state index >= 15 is 4.57 Å². The van der Waals surface area contributed by atoms with E-state index in [-0.39, 0.29) is 18.3 Å². The molecule has 0 bridgehead atoms. The van der Waals surface area contributed by atoms with Gasteiger partial charge in [-0.15, -0.1) is 0 Å². The SMILES string of the molecule is C=C1/C(=C\CP(=O)(c2ccccc2)c2ccccc2)C[C@H](O[Si](CC)(CC)CC)[C@H](OCCCO[Si](CC)(CC)CC)[C@@H]1O[Si](CC)(CC)CC. The molecule has 2 aromatic rings. The zero-order chi connectivity index (χ0) is 37.5. The summed E-state index contributed by atoms with van der Waals surface area (Å²) in [7, 11) is -8.72. The van der Waals surface area contributed by atoms with E-state index in [2.05, 4.69) is 68.4 Å². The van der Waals surface area contributed by atoms with Crippen molar-refractivity contribution in [1.82, 2.24) is 0 Å². The molecular formula is C42H71O5PSi3. The minimum absolute atomic E-state index is 0.153. The van der Waals surface area contributed by atoms with Crippen molar-refractivity contribution in [3.63, 3.8) is 0 Å². The average molecular weight is 771 g/mol. The van der Waals surface area contributed by atoms with Gasteiger partial charge in [-0.1, -0.05) is 136 Å². The van der Waals surface area contributed by atoms with Gasteiger partial charge in [0.15, 0.2) is 25.0 Å². The van der Waals surface area contributed by atoms with E-state index in [1.807, 2.05) is 60.7 Å². The summed E-state index contributed by atoms with van der Waals surface area (Å²) in [5.41, 5.74) is 2.09. The Hall–Kier alpha value is -1.36. The van der Waals surface area contributed by atoms with Crippen LogP contribution in [-0.4, -0.2) is 62.6 Å². The quantitative estimate of drug-likeness (QED) is 0.0640. The molecule has 0 aromatic heterocycles. The zero-order valence-corrected chi connectivity index (χ0v) is 37.6. The number of allylic oxidation sites excluding steroid dienone is 1. The molecule has 0 radical (unpaired) electrons. The predicted octanol–water partition coefficient (Wildman–Crippen LogP) is 11.5.